The minimum atomic E-state index is -0.694. The summed E-state index contributed by atoms with van der Waals surface area (Å²) in [5, 5.41) is 13.3. The van der Waals surface area contributed by atoms with Gasteiger partial charge in [0.05, 0.1) is 11.9 Å². The summed E-state index contributed by atoms with van der Waals surface area (Å²) in [4.78, 5) is 21.7. The Labute approximate surface area is 196 Å². The zero-order chi connectivity index (χ0) is 22.9. The first-order chi connectivity index (χ1) is 16.2. The van der Waals surface area contributed by atoms with Gasteiger partial charge in [-0.15, -0.1) is 0 Å². The van der Waals surface area contributed by atoms with E-state index in [1.807, 2.05) is 30.5 Å². The number of rotatable bonds is 8. The Hall–Kier alpha value is -2.99. The third-order valence-corrected chi connectivity index (χ3v) is 6.43. The number of hydrogen-bond acceptors (Lipinski definition) is 5. The molecule has 33 heavy (non-hydrogen) atoms. The van der Waals surface area contributed by atoms with Gasteiger partial charge in [0, 0.05) is 43.5 Å². The lowest BCUT2D eigenvalue weighted by atomic mass is 9.93. The third kappa shape index (κ3) is 6.99. The Bertz CT molecular complexity index is 984. The summed E-state index contributed by atoms with van der Waals surface area (Å²) in [6.07, 6.45) is 9.18. The molecular weight excluding hydrogens is 412 g/mol. The largest absolute Gasteiger partial charge is 0.481 e. The number of aryl methyl sites for hydroxylation is 2. The topological polar surface area (TPSA) is 78.3 Å². The Morgan fingerprint density at radius 3 is 2.79 bits per heavy atom. The van der Waals surface area contributed by atoms with Gasteiger partial charge in [-0.3, -0.25) is 9.78 Å². The third-order valence-electron chi connectivity index (χ3n) is 6.43. The van der Waals surface area contributed by atoms with Crippen molar-refractivity contribution in [3.05, 3.63) is 66.0 Å². The molecule has 0 radical (unpaired) electrons. The maximum Gasteiger partial charge on any atom is 0.304 e. The van der Waals surface area contributed by atoms with E-state index in [-0.39, 0.29) is 6.42 Å². The monoisotopic (exact) mass is 446 g/mol. The van der Waals surface area contributed by atoms with E-state index in [0.717, 1.165) is 49.7 Å². The number of carbonyl (C=O) groups is 1. The van der Waals surface area contributed by atoms with Gasteiger partial charge in [-0.2, -0.15) is 0 Å². The van der Waals surface area contributed by atoms with Crippen LogP contribution in [0.5, 0.6) is 0 Å². The van der Waals surface area contributed by atoms with Gasteiger partial charge in [-0.25, -0.2) is 4.98 Å². The SMILES string of the molecule is O=C(O)CCN1CC(CCCCc2ccc3c(n2)NCCC3)C1.c1ccc2ncccc2c1. The fourth-order valence-electron chi connectivity index (χ4n) is 4.56. The second kappa shape index (κ2) is 11.8. The van der Waals surface area contributed by atoms with Gasteiger partial charge in [0.2, 0.25) is 0 Å². The van der Waals surface area contributed by atoms with Crippen molar-refractivity contribution in [1.29, 1.82) is 0 Å². The van der Waals surface area contributed by atoms with E-state index in [9.17, 15) is 4.79 Å². The van der Waals surface area contributed by atoms with Crippen molar-refractivity contribution in [3.8, 4) is 0 Å². The van der Waals surface area contributed by atoms with Gasteiger partial charge in [0.15, 0.2) is 0 Å². The van der Waals surface area contributed by atoms with Gasteiger partial charge in [-0.1, -0.05) is 36.8 Å². The van der Waals surface area contributed by atoms with Crippen molar-refractivity contribution < 1.29 is 9.90 Å². The van der Waals surface area contributed by atoms with Gasteiger partial charge in [0.1, 0.15) is 5.82 Å². The van der Waals surface area contributed by atoms with Crippen molar-refractivity contribution in [2.45, 2.75) is 44.9 Å². The lowest BCUT2D eigenvalue weighted by Crippen LogP contribution is -2.47. The molecule has 6 nitrogen and oxygen atoms in total. The number of aromatic nitrogens is 2. The molecule has 0 atom stereocenters. The highest BCUT2D eigenvalue weighted by Crippen LogP contribution is 2.23. The van der Waals surface area contributed by atoms with Gasteiger partial charge in [0.25, 0.3) is 0 Å². The van der Waals surface area contributed by atoms with E-state index >= 15 is 0 Å². The molecule has 174 valence electrons. The molecular formula is C27H34N4O2. The Morgan fingerprint density at radius 1 is 1.09 bits per heavy atom. The van der Waals surface area contributed by atoms with Crippen LogP contribution in [0.3, 0.4) is 0 Å². The molecule has 3 aromatic rings. The van der Waals surface area contributed by atoms with Crippen LogP contribution < -0.4 is 5.32 Å². The average molecular weight is 447 g/mol. The molecule has 2 aromatic heterocycles. The molecule has 1 fully saturated rings. The van der Waals surface area contributed by atoms with E-state index < -0.39 is 5.97 Å². The highest BCUT2D eigenvalue weighted by Gasteiger charge is 2.25. The average Bonchev–Trinajstić information content (AvgIpc) is 2.82. The molecule has 2 N–H and O–H groups in total. The molecule has 5 rings (SSSR count). The number of fused-ring (bicyclic) bond motifs is 2. The summed E-state index contributed by atoms with van der Waals surface area (Å²) in [6, 6.07) is 16.5. The molecule has 1 saturated heterocycles. The smallest absolute Gasteiger partial charge is 0.304 e. The molecule has 4 heterocycles. The predicted octanol–water partition coefficient (Wildman–Crippen LogP) is 4.79. The van der Waals surface area contributed by atoms with Crippen LogP contribution in [-0.2, 0) is 17.6 Å². The second-order valence-corrected chi connectivity index (χ2v) is 9.05. The normalized spacial score (nSPS) is 15.6. The quantitative estimate of drug-likeness (QED) is 0.484. The maximum absolute atomic E-state index is 10.5. The van der Waals surface area contributed by atoms with Crippen LogP contribution in [0.15, 0.2) is 54.7 Å². The fraction of sp³-hybridized carbons (Fsp3) is 0.444. The van der Waals surface area contributed by atoms with Crippen LogP contribution >= 0.6 is 0 Å². The zero-order valence-electron chi connectivity index (χ0n) is 19.2. The van der Waals surface area contributed by atoms with Gasteiger partial charge >= 0.3 is 5.97 Å². The number of nitrogens with one attached hydrogen (secondary N) is 1. The van der Waals surface area contributed by atoms with Crippen LogP contribution in [0.25, 0.3) is 10.9 Å². The van der Waals surface area contributed by atoms with Crippen LogP contribution in [0.2, 0.25) is 0 Å². The molecule has 0 unspecified atom stereocenters. The summed E-state index contributed by atoms with van der Waals surface area (Å²) < 4.78 is 0. The molecule has 0 amide bonds. The number of carboxylic acid groups (broad SMARTS) is 1. The Balaban J connectivity index is 0.000000214. The van der Waals surface area contributed by atoms with E-state index in [4.69, 9.17) is 10.1 Å². The number of hydrogen-bond donors (Lipinski definition) is 2. The first-order valence-electron chi connectivity index (χ1n) is 12.1. The van der Waals surface area contributed by atoms with Gasteiger partial charge < -0.3 is 15.3 Å². The fourth-order valence-corrected chi connectivity index (χ4v) is 4.56. The second-order valence-electron chi connectivity index (χ2n) is 9.05. The predicted molar refractivity (Wildman–Crippen MR) is 133 cm³/mol. The number of aliphatic carboxylic acids is 1. The first-order valence-corrected chi connectivity index (χ1v) is 12.1. The molecule has 6 heteroatoms. The highest BCUT2D eigenvalue weighted by atomic mass is 16.4. The molecule has 2 aliphatic rings. The standard InChI is InChI=1S/C18H27N3O2.C9H7N/c22-17(23)9-11-21-12-14(13-21)4-1-2-6-16-8-7-15-5-3-10-19-18(15)20-16;1-2-6-9-8(4-1)5-3-7-10-9/h7-8,14H,1-6,9-13H2,(H,19,20)(H,22,23);1-7H. The minimum absolute atomic E-state index is 0.269. The van der Waals surface area contributed by atoms with E-state index in [1.54, 1.807) is 0 Å². The maximum atomic E-state index is 10.5. The van der Waals surface area contributed by atoms with E-state index in [1.165, 1.54) is 42.3 Å². The summed E-state index contributed by atoms with van der Waals surface area (Å²) >= 11 is 0. The van der Waals surface area contributed by atoms with Crippen molar-refractivity contribution in [2.75, 3.05) is 31.5 Å². The lowest BCUT2D eigenvalue weighted by molar-refractivity contribution is -0.137. The molecule has 0 aliphatic carbocycles. The van der Waals surface area contributed by atoms with Crippen LogP contribution in [-0.4, -0.2) is 52.1 Å². The molecule has 1 aromatic carbocycles. The molecule has 0 spiro atoms. The molecule has 0 saturated carbocycles. The summed E-state index contributed by atoms with van der Waals surface area (Å²) in [6.45, 7) is 3.91. The lowest BCUT2D eigenvalue weighted by Gasteiger charge is -2.39. The van der Waals surface area contributed by atoms with Crippen molar-refractivity contribution in [2.24, 2.45) is 5.92 Å². The van der Waals surface area contributed by atoms with Crippen LogP contribution in [0.1, 0.15) is 43.4 Å². The summed E-state index contributed by atoms with van der Waals surface area (Å²) in [5.41, 5.74) is 3.62. The number of para-hydroxylation sites is 1. The summed E-state index contributed by atoms with van der Waals surface area (Å²) in [7, 11) is 0. The Kier molecular flexibility index (Phi) is 8.25. The van der Waals surface area contributed by atoms with Crippen LogP contribution in [0.4, 0.5) is 5.82 Å². The number of unbranched alkanes of at least 4 members (excludes halogenated alkanes) is 1. The first kappa shape index (κ1) is 23.2. The number of pyridine rings is 2. The highest BCUT2D eigenvalue weighted by molar-refractivity contribution is 5.77. The van der Waals surface area contributed by atoms with Crippen LogP contribution in [0, 0.1) is 5.92 Å². The van der Waals surface area contributed by atoms with Crippen molar-refractivity contribution in [1.82, 2.24) is 14.9 Å². The zero-order valence-corrected chi connectivity index (χ0v) is 19.2. The molecule has 0 bridgehead atoms. The number of nitrogens with zero attached hydrogens (tertiary/aromatic N) is 3. The minimum Gasteiger partial charge on any atom is -0.481 e. The van der Waals surface area contributed by atoms with Crippen molar-refractivity contribution in [3.63, 3.8) is 0 Å². The molecule has 2 aliphatic heterocycles. The summed E-state index contributed by atoms with van der Waals surface area (Å²) in [5.74, 6) is 1.17. The van der Waals surface area contributed by atoms with E-state index in [2.05, 4.69) is 39.5 Å². The van der Waals surface area contributed by atoms with Crippen molar-refractivity contribution >= 4 is 22.7 Å². The van der Waals surface area contributed by atoms with Gasteiger partial charge in [-0.05, 0) is 61.8 Å². The number of anilines is 1. The number of carboxylic acids is 1. The number of benzene rings is 1. The van der Waals surface area contributed by atoms with E-state index in [0.29, 0.717) is 6.54 Å². The Morgan fingerprint density at radius 2 is 1.94 bits per heavy atom. The number of likely N-dealkylation sites (tertiary alicyclic amines) is 1.